The summed E-state index contributed by atoms with van der Waals surface area (Å²) >= 11 is 2.71. The molecule has 7 nitrogen and oxygen atoms in total. The van der Waals surface area contributed by atoms with E-state index in [-0.39, 0.29) is 5.91 Å². The molecule has 0 spiro atoms. The van der Waals surface area contributed by atoms with Crippen molar-refractivity contribution in [2.75, 3.05) is 12.4 Å². The van der Waals surface area contributed by atoms with Gasteiger partial charge >= 0.3 is 6.03 Å². The lowest BCUT2D eigenvalue weighted by Crippen LogP contribution is -2.41. The Hall–Kier alpha value is -1.35. The van der Waals surface area contributed by atoms with Gasteiger partial charge in [0.05, 0.1) is 5.25 Å². The molecule has 9 heteroatoms. The number of aromatic nitrogens is 2. The van der Waals surface area contributed by atoms with Crippen molar-refractivity contribution >= 4 is 40.2 Å². The Morgan fingerprint density at radius 1 is 1.42 bits per heavy atom. The minimum atomic E-state index is -0.509. The van der Waals surface area contributed by atoms with Gasteiger partial charge in [-0.3, -0.25) is 10.1 Å². The number of urea groups is 1. The third-order valence-electron chi connectivity index (χ3n) is 2.42. The van der Waals surface area contributed by atoms with Crippen LogP contribution in [0, 0.1) is 0 Å². The first-order valence-electron chi connectivity index (χ1n) is 5.87. The van der Waals surface area contributed by atoms with Crippen LogP contribution in [0.4, 0.5) is 9.93 Å². The maximum absolute atomic E-state index is 11.7. The number of carbonyl (C=O) groups is 2. The van der Waals surface area contributed by atoms with E-state index in [9.17, 15) is 9.59 Å². The number of carbonyl (C=O) groups excluding carboxylic acids is 2. The van der Waals surface area contributed by atoms with Crippen LogP contribution in [0.3, 0.4) is 0 Å². The highest BCUT2D eigenvalue weighted by molar-refractivity contribution is 8.02. The molecule has 1 saturated carbocycles. The van der Waals surface area contributed by atoms with E-state index in [1.807, 2.05) is 0 Å². The molecular formula is C10H15N5O2S2. The molecule has 1 atom stereocenters. The molecule has 104 valence electrons. The summed E-state index contributed by atoms with van der Waals surface area (Å²) in [6, 6.07) is 0.0191. The Labute approximate surface area is 118 Å². The summed E-state index contributed by atoms with van der Waals surface area (Å²) in [5, 5.41) is 16.2. The maximum Gasteiger partial charge on any atom is 0.321 e. The summed E-state index contributed by atoms with van der Waals surface area (Å²) in [6.07, 6.45) is 2.35. The summed E-state index contributed by atoms with van der Waals surface area (Å²) in [7, 11) is 1.46. The first kappa shape index (κ1) is 14.1. The van der Waals surface area contributed by atoms with Crippen molar-refractivity contribution < 1.29 is 9.59 Å². The number of hydrogen-bond acceptors (Lipinski definition) is 7. The predicted molar refractivity (Wildman–Crippen MR) is 74.5 cm³/mol. The highest BCUT2D eigenvalue weighted by atomic mass is 32.2. The van der Waals surface area contributed by atoms with Crippen molar-refractivity contribution in [2.45, 2.75) is 35.4 Å². The van der Waals surface area contributed by atoms with Crippen LogP contribution < -0.4 is 16.0 Å². The highest BCUT2D eigenvalue weighted by Gasteiger charge is 2.23. The number of rotatable bonds is 5. The second-order valence-corrected chi connectivity index (χ2v) is 6.69. The van der Waals surface area contributed by atoms with Crippen LogP contribution in [-0.4, -0.2) is 40.5 Å². The predicted octanol–water partition coefficient (Wildman–Crippen LogP) is 1.05. The van der Waals surface area contributed by atoms with Crippen LogP contribution in [0.2, 0.25) is 0 Å². The van der Waals surface area contributed by atoms with Gasteiger partial charge in [-0.25, -0.2) is 4.79 Å². The van der Waals surface area contributed by atoms with Crippen molar-refractivity contribution in [3.63, 3.8) is 0 Å². The molecule has 0 aliphatic heterocycles. The second kappa shape index (κ2) is 6.20. The lowest BCUT2D eigenvalue weighted by molar-refractivity contribution is -0.119. The number of thioether (sulfide) groups is 1. The SMILES string of the molecule is CNC(=O)NC(=O)[C@H](C)Sc1nnc(NC2CC2)s1. The van der Waals surface area contributed by atoms with E-state index < -0.39 is 11.3 Å². The zero-order valence-electron chi connectivity index (χ0n) is 10.6. The van der Waals surface area contributed by atoms with Crippen molar-refractivity contribution in [1.82, 2.24) is 20.8 Å². The third-order valence-corrected chi connectivity index (χ3v) is 4.46. The van der Waals surface area contributed by atoms with Gasteiger partial charge in [-0.05, 0) is 19.8 Å². The molecular weight excluding hydrogens is 286 g/mol. The molecule has 0 aromatic carbocycles. The normalized spacial score (nSPS) is 15.7. The number of nitrogens with one attached hydrogen (secondary N) is 3. The van der Waals surface area contributed by atoms with Crippen LogP contribution in [-0.2, 0) is 4.79 Å². The summed E-state index contributed by atoms with van der Waals surface area (Å²) in [5.74, 6) is -0.351. The number of nitrogens with zero attached hydrogens (tertiary/aromatic N) is 2. The molecule has 0 bridgehead atoms. The smallest absolute Gasteiger partial charge is 0.321 e. The highest BCUT2D eigenvalue weighted by Crippen LogP contribution is 2.31. The largest absolute Gasteiger partial charge is 0.357 e. The Morgan fingerprint density at radius 3 is 2.79 bits per heavy atom. The van der Waals surface area contributed by atoms with E-state index in [0.717, 1.165) is 5.13 Å². The average Bonchev–Trinajstić information content (AvgIpc) is 3.08. The minimum Gasteiger partial charge on any atom is -0.357 e. The third kappa shape index (κ3) is 4.35. The van der Waals surface area contributed by atoms with Gasteiger partial charge in [-0.1, -0.05) is 23.1 Å². The van der Waals surface area contributed by atoms with Gasteiger partial charge in [0.2, 0.25) is 11.0 Å². The van der Waals surface area contributed by atoms with Gasteiger partial charge in [0.25, 0.3) is 0 Å². The molecule has 3 amide bonds. The van der Waals surface area contributed by atoms with Gasteiger partial charge in [0, 0.05) is 13.1 Å². The van der Waals surface area contributed by atoms with E-state index in [2.05, 4.69) is 26.1 Å². The van der Waals surface area contributed by atoms with E-state index in [1.54, 1.807) is 6.92 Å². The summed E-state index contributed by atoms with van der Waals surface area (Å²) in [5.41, 5.74) is 0. The summed E-state index contributed by atoms with van der Waals surface area (Å²) < 4.78 is 0.711. The molecule has 1 aromatic heterocycles. The molecule has 1 aliphatic rings. The average molecular weight is 301 g/mol. The molecule has 1 fully saturated rings. The Balaban J connectivity index is 1.83. The number of anilines is 1. The standard InChI is InChI=1S/C10H15N5O2S2/c1-5(7(16)13-8(17)11-2)18-10-15-14-9(19-10)12-6-3-4-6/h5-6H,3-4H2,1-2H3,(H,12,14)(H2,11,13,16,17)/t5-/m0/s1. The lowest BCUT2D eigenvalue weighted by Gasteiger charge is -2.08. The van der Waals surface area contributed by atoms with Crippen molar-refractivity contribution in [2.24, 2.45) is 0 Å². The molecule has 1 aromatic rings. The fourth-order valence-electron chi connectivity index (χ4n) is 1.20. The second-order valence-electron chi connectivity index (χ2n) is 4.12. The van der Waals surface area contributed by atoms with Crippen molar-refractivity contribution in [1.29, 1.82) is 0 Å². The molecule has 2 rings (SSSR count). The van der Waals surface area contributed by atoms with Crippen LogP contribution in [0.1, 0.15) is 19.8 Å². The molecule has 1 aliphatic carbocycles. The van der Waals surface area contributed by atoms with Crippen molar-refractivity contribution in [3.8, 4) is 0 Å². The van der Waals surface area contributed by atoms with Gasteiger partial charge < -0.3 is 10.6 Å². The fraction of sp³-hybridized carbons (Fsp3) is 0.600. The molecule has 0 unspecified atom stereocenters. The molecule has 3 N–H and O–H groups in total. The van der Waals surface area contributed by atoms with Crippen LogP contribution in [0.25, 0.3) is 0 Å². The number of hydrogen-bond donors (Lipinski definition) is 3. The molecule has 1 heterocycles. The number of imide groups is 1. The molecule has 0 radical (unpaired) electrons. The van der Waals surface area contributed by atoms with Gasteiger partial charge in [0.1, 0.15) is 0 Å². The van der Waals surface area contributed by atoms with Gasteiger partial charge in [0.15, 0.2) is 4.34 Å². The van der Waals surface area contributed by atoms with Crippen LogP contribution >= 0.6 is 23.1 Å². The molecule has 19 heavy (non-hydrogen) atoms. The van der Waals surface area contributed by atoms with E-state index in [1.165, 1.54) is 43.0 Å². The quantitative estimate of drug-likeness (QED) is 0.704. The zero-order valence-corrected chi connectivity index (χ0v) is 12.2. The first-order valence-corrected chi connectivity index (χ1v) is 7.57. The van der Waals surface area contributed by atoms with E-state index in [0.29, 0.717) is 10.4 Å². The monoisotopic (exact) mass is 301 g/mol. The summed E-state index contributed by atoms with van der Waals surface area (Å²) in [6.45, 7) is 1.72. The Bertz CT molecular complexity index is 474. The Kier molecular flexibility index (Phi) is 4.59. The van der Waals surface area contributed by atoms with E-state index >= 15 is 0 Å². The van der Waals surface area contributed by atoms with Gasteiger partial charge in [-0.2, -0.15) is 0 Å². The summed E-state index contributed by atoms with van der Waals surface area (Å²) in [4.78, 5) is 22.7. The van der Waals surface area contributed by atoms with Crippen LogP contribution in [0.5, 0.6) is 0 Å². The van der Waals surface area contributed by atoms with Crippen LogP contribution in [0.15, 0.2) is 4.34 Å². The Morgan fingerprint density at radius 2 is 2.16 bits per heavy atom. The molecule has 0 saturated heterocycles. The fourth-order valence-corrected chi connectivity index (χ4v) is 3.17. The maximum atomic E-state index is 11.7. The van der Waals surface area contributed by atoms with Gasteiger partial charge in [-0.15, -0.1) is 10.2 Å². The van der Waals surface area contributed by atoms with E-state index in [4.69, 9.17) is 0 Å². The first-order chi connectivity index (χ1) is 9.08. The topological polar surface area (TPSA) is 96.0 Å². The lowest BCUT2D eigenvalue weighted by atomic mass is 10.4. The zero-order chi connectivity index (χ0) is 13.8. The van der Waals surface area contributed by atoms with Crippen molar-refractivity contribution in [3.05, 3.63) is 0 Å². The number of amides is 3. The minimum absolute atomic E-state index is 0.351.